The van der Waals surface area contributed by atoms with Gasteiger partial charge in [-0.15, -0.1) is 0 Å². The van der Waals surface area contributed by atoms with Gasteiger partial charge in [0.1, 0.15) is 5.75 Å². The summed E-state index contributed by atoms with van der Waals surface area (Å²) < 4.78 is 6.90. The molecule has 0 bridgehead atoms. The van der Waals surface area contributed by atoms with Gasteiger partial charge in [0.25, 0.3) is 0 Å². The lowest BCUT2D eigenvalue weighted by atomic mass is 10.2. The van der Waals surface area contributed by atoms with Gasteiger partial charge in [0, 0.05) is 6.04 Å². The number of halogens is 1. The number of hydrogen-bond acceptors (Lipinski definition) is 2. The number of rotatable bonds is 7. The van der Waals surface area contributed by atoms with E-state index in [1.54, 1.807) is 0 Å². The molecule has 0 saturated heterocycles. The summed E-state index contributed by atoms with van der Waals surface area (Å²) in [5.74, 6) is 0.928. The highest BCUT2D eigenvalue weighted by molar-refractivity contribution is 9.10. The van der Waals surface area contributed by atoms with Gasteiger partial charge < -0.3 is 10.1 Å². The molecule has 1 rings (SSSR count). The lowest BCUT2D eigenvalue weighted by molar-refractivity contribution is 0.206. The molecule has 2 nitrogen and oxygen atoms in total. The van der Waals surface area contributed by atoms with Crippen LogP contribution in [0.25, 0.3) is 0 Å². The first-order valence-electron chi connectivity index (χ1n) is 6.24. The summed E-state index contributed by atoms with van der Waals surface area (Å²) >= 11 is 3.49. The minimum absolute atomic E-state index is 0.252. The normalized spacial score (nSPS) is 12.8. The van der Waals surface area contributed by atoms with E-state index in [1.165, 1.54) is 0 Å². The molecular weight excluding hydrogens is 278 g/mol. The highest BCUT2D eigenvalue weighted by Crippen LogP contribution is 2.25. The number of hydrogen-bond donors (Lipinski definition) is 1. The Kier molecular flexibility index (Phi) is 6.60. The molecule has 0 saturated carbocycles. The lowest BCUT2D eigenvalue weighted by Crippen LogP contribution is -2.25. The lowest BCUT2D eigenvalue weighted by Gasteiger charge is -2.16. The fourth-order valence-electron chi connectivity index (χ4n) is 1.60. The fraction of sp³-hybridized carbons (Fsp3) is 0.571. The molecule has 1 aromatic rings. The predicted molar refractivity (Wildman–Crippen MR) is 76.6 cm³/mol. The molecule has 17 heavy (non-hydrogen) atoms. The molecule has 0 aliphatic heterocycles. The fourth-order valence-corrected chi connectivity index (χ4v) is 1.97. The number of benzene rings is 1. The highest BCUT2D eigenvalue weighted by atomic mass is 79.9. The van der Waals surface area contributed by atoms with Gasteiger partial charge in [-0.2, -0.15) is 0 Å². The third-order valence-electron chi connectivity index (χ3n) is 2.50. The molecule has 1 unspecified atom stereocenters. The van der Waals surface area contributed by atoms with E-state index in [0.717, 1.165) is 29.6 Å². The number of nitrogens with one attached hydrogen (secondary N) is 1. The predicted octanol–water partition coefficient (Wildman–Crippen LogP) is 3.99. The first-order valence-corrected chi connectivity index (χ1v) is 7.03. The van der Waals surface area contributed by atoms with E-state index in [2.05, 4.69) is 42.0 Å². The highest BCUT2D eigenvalue weighted by Gasteiger charge is 2.06. The van der Waals surface area contributed by atoms with Crippen molar-refractivity contribution >= 4 is 15.9 Å². The summed E-state index contributed by atoms with van der Waals surface area (Å²) in [6.07, 6.45) is 2.47. The van der Waals surface area contributed by atoms with Crippen molar-refractivity contribution in [1.82, 2.24) is 5.32 Å². The zero-order valence-corrected chi connectivity index (χ0v) is 12.5. The first-order chi connectivity index (χ1) is 8.09. The van der Waals surface area contributed by atoms with Gasteiger partial charge in [0.2, 0.25) is 0 Å². The van der Waals surface area contributed by atoms with E-state index in [0.29, 0.717) is 6.04 Å². The van der Waals surface area contributed by atoms with E-state index >= 15 is 0 Å². The van der Waals surface area contributed by atoms with Crippen molar-refractivity contribution in [2.24, 2.45) is 0 Å². The van der Waals surface area contributed by atoms with E-state index in [1.807, 2.05) is 24.3 Å². The Labute approximate surface area is 113 Å². The molecule has 0 amide bonds. The van der Waals surface area contributed by atoms with Crippen molar-refractivity contribution in [3.63, 3.8) is 0 Å². The van der Waals surface area contributed by atoms with Gasteiger partial charge in [-0.25, -0.2) is 0 Å². The number of para-hydroxylation sites is 1. The minimum atomic E-state index is 0.252. The molecular formula is C14H22BrNO. The molecule has 96 valence electrons. The Balaban J connectivity index is 2.25. The van der Waals surface area contributed by atoms with Crippen molar-refractivity contribution in [2.45, 2.75) is 45.8 Å². The van der Waals surface area contributed by atoms with E-state index < -0.39 is 0 Å². The van der Waals surface area contributed by atoms with Gasteiger partial charge in [-0.1, -0.05) is 26.0 Å². The second-order valence-electron chi connectivity index (χ2n) is 4.61. The average Bonchev–Trinajstić information content (AvgIpc) is 2.27. The maximum absolute atomic E-state index is 5.88. The standard InChI is InChI=1S/C14H22BrNO/c1-11(2)16-10-6-7-12(3)17-14-9-5-4-8-13(14)15/h4-5,8-9,11-12,16H,6-7,10H2,1-3H3. The molecule has 0 aromatic heterocycles. The molecule has 0 spiro atoms. The van der Waals surface area contributed by atoms with Crippen LogP contribution in [0.2, 0.25) is 0 Å². The molecule has 3 heteroatoms. The third-order valence-corrected chi connectivity index (χ3v) is 3.16. The van der Waals surface area contributed by atoms with Crippen LogP contribution >= 0.6 is 15.9 Å². The van der Waals surface area contributed by atoms with Crippen LogP contribution in [0.3, 0.4) is 0 Å². The summed E-state index contributed by atoms with van der Waals surface area (Å²) in [5.41, 5.74) is 0. The minimum Gasteiger partial charge on any atom is -0.490 e. The Bertz CT molecular complexity index is 328. The Morgan fingerprint density at radius 2 is 1.94 bits per heavy atom. The second-order valence-corrected chi connectivity index (χ2v) is 5.46. The Morgan fingerprint density at radius 3 is 2.59 bits per heavy atom. The van der Waals surface area contributed by atoms with Crippen LogP contribution in [0.5, 0.6) is 5.75 Å². The zero-order chi connectivity index (χ0) is 12.7. The van der Waals surface area contributed by atoms with Crippen LogP contribution < -0.4 is 10.1 Å². The second kappa shape index (κ2) is 7.72. The summed E-state index contributed by atoms with van der Waals surface area (Å²) in [7, 11) is 0. The molecule has 0 aliphatic carbocycles. The zero-order valence-electron chi connectivity index (χ0n) is 10.9. The molecule has 0 radical (unpaired) electrons. The third kappa shape index (κ3) is 6.08. The van der Waals surface area contributed by atoms with Crippen LogP contribution in [0.15, 0.2) is 28.7 Å². The van der Waals surface area contributed by atoms with Crippen LogP contribution in [0.1, 0.15) is 33.6 Å². The van der Waals surface area contributed by atoms with Crippen molar-refractivity contribution in [2.75, 3.05) is 6.54 Å². The number of ether oxygens (including phenoxy) is 1. The van der Waals surface area contributed by atoms with E-state index in [9.17, 15) is 0 Å². The molecule has 1 atom stereocenters. The van der Waals surface area contributed by atoms with Gasteiger partial charge in [-0.3, -0.25) is 0 Å². The first kappa shape index (κ1) is 14.5. The Hall–Kier alpha value is -0.540. The molecule has 0 fully saturated rings. The average molecular weight is 300 g/mol. The van der Waals surface area contributed by atoms with E-state index in [-0.39, 0.29) is 6.10 Å². The molecule has 0 heterocycles. The molecule has 0 aliphatic rings. The van der Waals surface area contributed by atoms with Crippen molar-refractivity contribution < 1.29 is 4.74 Å². The maximum atomic E-state index is 5.88. The summed E-state index contributed by atoms with van der Waals surface area (Å²) in [6, 6.07) is 8.55. The molecule has 1 aromatic carbocycles. The topological polar surface area (TPSA) is 21.3 Å². The summed E-state index contributed by atoms with van der Waals surface area (Å²) in [4.78, 5) is 0. The largest absolute Gasteiger partial charge is 0.490 e. The van der Waals surface area contributed by atoms with Crippen molar-refractivity contribution in [3.8, 4) is 5.75 Å². The quantitative estimate of drug-likeness (QED) is 0.769. The van der Waals surface area contributed by atoms with Gasteiger partial charge >= 0.3 is 0 Å². The summed E-state index contributed by atoms with van der Waals surface area (Å²) in [6.45, 7) is 7.51. The monoisotopic (exact) mass is 299 g/mol. The SMILES string of the molecule is CC(C)NCCCC(C)Oc1ccccc1Br. The van der Waals surface area contributed by atoms with Crippen molar-refractivity contribution in [1.29, 1.82) is 0 Å². The maximum Gasteiger partial charge on any atom is 0.133 e. The van der Waals surface area contributed by atoms with Crippen molar-refractivity contribution in [3.05, 3.63) is 28.7 Å². The smallest absolute Gasteiger partial charge is 0.133 e. The van der Waals surface area contributed by atoms with E-state index in [4.69, 9.17) is 4.74 Å². The van der Waals surface area contributed by atoms with Crippen LogP contribution in [0, 0.1) is 0 Å². The van der Waals surface area contributed by atoms with Crippen LogP contribution in [-0.2, 0) is 0 Å². The van der Waals surface area contributed by atoms with Gasteiger partial charge in [-0.05, 0) is 54.4 Å². The van der Waals surface area contributed by atoms with Gasteiger partial charge in [0.05, 0.1) is 10.6 Å². The van der Waals surface area contributed by atoms with Crippen LogP contribution in [-0.4, -0.2) is 18.7 Å². The van der Waals surface area contributed by atoms with Gasteiger partial charge in [0.15, 0.2) is 0 Å². The Morgan fingerprint density at radius 1 is 1.24 bits per heavy atom. The molecule has 1 N–H and O–H groups in total. The van der Waals surface area contributed by atoms with Crippen LogP contribution in [0.4, 0.5) is 0 Å². The summed E-state index contributed by atoms with van der Waals surface area (Å²) in [5, 5.41) is 3.41.